The molecule has 0 bridgehead atoms. The van der Waals surface area contributed by atoms with Gasteiger partial charge in [0.1, 0.15) is 11.9 Å². The molecule has 3 amide bonds. The summed E-state index contributed by atoms with van der Waals surface area (Å²) >= 11 is 0. The van der Waals surface area contributed by atoms with Gasteiger partial charge in [-0.15, -0.1) is 0 Å². The van der Waals surface area contributed by atoms with Gasteiger partial charge in [-0.3, -0.25) is 4.79 Å². The van der Waals surface area contributed by atoms with Gasteiger partial charge < -0.3 is 16.0 Å². The van der Waals surface area contributed by atoms with E-state index in [0.717, 1.165) is 17.5 Å². The Hall–Kier alpha value is -2.89. The van der Waals surface area contributed by atoms with Crippen molar-refractivity contribution in [3.63, 3.8) is 0 Å². The second kappa shape index (κ2) is 10.3. The van der Waals surface area contributed by atoms with Crippen molar-refractivity contribution in [2.75, 3.05) is 0 Å². The number of rotatable bonds is 8. The molecular weight excluding hydrogens is 345 g/mol. The maximum absolute atomic E-state index is 12.9. The Morgan fingerprint density at radius 1 is 1.00 bits per heavy atom. The van der Waals surface area contributed by atoms with Crippen molar-refractivity contribution in [1.82, 2.24) is 16.0 Å². The van der Waals surface area contributed by atoms with Gasteiger partial charge in [0.05, 0.1) is 6.04 Å². The minimum atomic E-state index is -0.616. The summed E-state index contributed by atoms with van der Waals surface area (Å²) in [5.41, 5.74) is 1.78. The largest absolute Gasteiger partial charge is 0.348 e. The highest BCUT2D eigenvalue weighted by Crippen LogP contribution is 2.12. The van der Waals surface area contributed by atoms with E-state index in [9.17, 15) is 14.0 Å². The van der Waals surface area contributed by atoms with Gasteiger partial charge in [-0.1, -0.05) is 55.8 Å². The number of urea groups is 1. The fourth-order valence-corrected chi connectivity index (χ4v) is 2.69. The number of hydrogen-bond acceptors (Lipinski definition) is 2. The first-order chi connectivity index (χ1) is 13.0. The van der Waals surface area contributed by atoms with Crippen molar-refractivity contribution in [2.24, 2.45) is 0 Å². The molecule has 0 aliphatic heterocycles. The third kappa shape index (κ3) is 6.73. The van der Waals surface area contributed by atoms with Gasteiger partial charge in [-0.25, -0.2) is 9.18 Å². The lowest BCUT2D eigenvalue weighted by atomic mass is 10.1. The molecule has 2 unspecified atom stereocenters. The van der Waals surface area contributed by atoms with E-state index < -0.39 is 12.1 Å². The lowest BCUT2D eigenvalue weighted by molar-refractivity contribution is -0.123. The smallest absolute Gasteiger partial charge is 0.315 e. The van der Waals surface area contributed by atoms with Crippen LogP contribution >= 0.6 is 0 Å². The Morgan fingerprint density at radius 2 is 1.67 bits per heavy atom. The van der Waals surface area contributed by atoms with Crippen LogP contribution in [0, 0.1) is 5.82 Å². The number of benzene rings is 2. The Morgan fingerprint density at radius 3 is 2.30 bits per heavy atom. The lowest BCUT2D eigenvalue weighted by Gasteiger charge is -2.21. The summed E-state index contributed by atoms with van der Waals surface area (Å²) in [6, 6.07) is 14.3. The highest BCUT2D eigenvalue weighted by Gasteiger charge is 2.21. The number of amides is 3. The molecule has 27 heavy (non-hydrogen) atoms. The number of carbonyl (C=O) groups is 2. The van der Waals surface area contributed by atoms with Gasteiger partial charge in [0.2, 0.25) is 5.91 Å². The van der Waals surface area contributed by atoms with Crippen LogP contribution in [0.25, 0.3) is 0 Å². The van der Waals surface area contributed by atoms with E-state index in [-0.39, 0.29) is 24.3 Å². The molecule has 0 heterocycles. The molecule has 2 aromatic carbocycles. The van der Waals surface area contributed by atoms with Crippen LogP contribution < -0.4 is 16.0 Å². The fraction of sp³-hybridized carbons (Fsp3) is 0.333. The Balaban J connectivity index is 1.88. The van der Waals surface area contributed by atoms with E-state index in [0.29, 0.717) is 6.42 Å². The Labute approximate surface area is 159 Å². The van der Waals surface area contributed by atoms with Crippen molar-refractivity contribution in [3.05, 3.63) is 71.5 Å². The van der Waals surface area contributed by atoms with Crippen LogP contribution in [0.3, 0.4) is 0 Å². The number of halogens is 1. The van der Waals surface area contributed by atoms with Crippen molar-refractivity contribution < 1.29 is 14.0 Å². The molecule has 0 radical (unpaired) electrons. The normalized spacial score (nSPS) is 12.7. The maximum Gasteiger partial charge on any atom is 0.315 e. The summed E-state index contributed by atoms with van der Waals surface area (Å²) in [6.07, 6.45) is 1.30. The molecule has 0 spiro atoms. The Bertz CT molecular complexity index is 735. The van der Waals surface area contributed by atoms with Crippen LogP contribution in [0.15, 0.2) is 54.6 Å². The quantitative estimate of drug-likeness (QED) is 0.663. The predicted molar refractivity (Wildman–Crippen MR) is 103 cm³/mol. The fourth-order valence-electron chi connectivity index (χ4n) is 2.69. The number of hydrogen-bond donors (Lipinski definition) is 3. The molecule has 0 saturated carbocycles. The molecular formula is C21H26FN3O2. The zero-order valence-corrected chi connectivity index (χ0v) is 15.7. The predicted octanol–water partition coefficient (Wildman–Crippen LogP) is 3.67. The SMILES string of the molecule is CCCC(NC(=O)NCc1ccc(F)cc1)C(=O)NC(C)c1ccccc1. The van der Waals surface area contributed by atoms with Crippen LogP contribution in [0.5, 0.6) is 0 Å². The van der Waals surface area contributed by atoms with Gasteiger partial charge in [0, 0.05) is 6.54 Å². The molecule has 3 N–H and O–H groups in total. The molecule has 0 saturated heterocycles. The number of nitrogens with one attached hydrogen (secondary N) is 3. The van der Waals surface area contributed by atoms with E-state index in [2.05, 4.69) is 16.0 Å². The monoisotopic (exact) mass is 371 g/mol. The van der Waals surface area contributed by atoms with Crippen LogP contribution in [0.4, 0.5) is 9.18 Å². The number of carbonyl (C=O) groups excluding carboxylic acids is 2. The standard InChI is InChI=1S/C21H26FN3O2/c1-3-7-19(20(26)24-15(2)17-8-5-4-6-9-17)25-21(27)23-14-16-10-12-18(22)13-11-16/h4-6,8-13,15,19H,3,7,14H2,1-2H3,(H,24,26)(H2,23,25,27). The summed E-state index contributed by atoms with van der Waals surface area (Å²) in [5, 5.41) is 8.36. The van der Waals surface area contributed by atoms with E-state index in [4.69, 9.17) is 0 Å². The van der Waals surface area contributed by atoms with Crippen molar-refractivity contribution >= 4 is 11.9 Å². The molecule has 2 aromatic rings. The summed E-state index contributed by atoms with van der Waals surface area (Å²) in [6.45, 7) is 4.12. The minimum absolute atomic E-state index is 0.151. The second-order valence-electron chi connectivity index (χ2n) is 6.44. The summed E-state index contributed by atoms with van der Waals surface area (Å²) in [5.74, 6) is -0.541. The molecule has 5 nitrogen and oxygen atoms in total. The third-order valence-corrected chi connectivity index (χ3v) is 4.22. The molecule has 0 fully saturated rings. The van der Waals surface area contributed by atoms with Crippen molar-refractivity contribution in [2.45, 2.75) is 45.3 Å². The van der Waals surface area contributed by atoms with E-state index in [1.165, 1.54) is 12.1 Å². The Kier molecular flexibility index (Phi) is 7.79. The highest BCUT2D eigenvalue weighted by atomic mass is 19.1. The van der Waals surface area contributed by atoms with Crippen LogP contribution in [0.1, 0.15) is 43.9 Å². The van der Waals surface area contributed by atoms with Crippen molar-refractivity contribution in [1.29, 1.82) is 0 Å². The molecule has 6 heteroatoms. The third-order valence-electron chi connectivity index (χ3n) is 4.22. The van der Waals surface area contributed by atoms with E-state index >= 15 is 0 Å². The van der Waals surface area contributed by atoms with Gasteiger partial charge in [-0.05, 0) is 36.6 Å². The summed E-state index contributed by atoms with van der Waals surface area (Å²) in [4.78, 5) is 24.7. The maximum atomic E-state index is 12.9. The first kappa shape index (κ1) is 20.4. The first-order valence-electron chi connectivity index (χ1n) is 9.13. The summed E-state index contributed by atoms with van der Waals surface area (Å²) in [7, 11) is 0. The summed E-state index contributed by atoms with van der Waals surface area (Å²) < 4.78 is 12.9. The van der Waals surface area contributed by atoms with E-state index in [1.807, 2.05) is 44.2 Å². The van der Waals surface area contributed by atoms with Gasteiger partial charge in [0.15, 0.2) is 0 Å². The molecule has 0 aromatic heterocycles. The zero-order valence-electron chi connectivity index (χ0n) is 15.7. The van der Waals surface area contributed by atoms with Crippen molar-refractivity contribution in [3.8, 4) is 0 Å². The zero-order chi connectivity index (χ0) is 19.6. The first-order valence-corrected chi connectivity index (χ1v) is 9.13. The minimum Gasteiger partial charge on any atom is -0.348 e. The molecule has 144 valence electrons. The molecule has 2 rings (SSSR count). The molecule has 2 atom stereocenters. The topological polar surface area (TPSA) is 70.2 Å². The van der Waals surface area contributed by atoms with Gasteiger partial charge >= 0.3 is 6.03 Å². The molecule has 0 aliphatic carbocycles. The van der Waals surface area contributed by atoms with Gasteiger partial charge in [-0.2, -0.15) is 0 Å². The van der Waals surface area contributed by atoms with Gasteiger partial charge in [0.25, 0.3) is 0 Å². The highest BCUT2D eigenvalue weighted by molar-refractivity contribution is 5.87. The van der Waals surface area contributed by atoms with Crippen LogP contribution in [0.2, 0.25) is 0 Å². The van der Waals surface area contributed by atoms with E-state index in [1.54, 1.807) is 12.1 Å². The van der Waals surface area contributed by atoms with Crippen LogP contribution in [-0.4, -0.2) is 18.0 Å². The second-order valence-corrected chi connectivity index (χ2v) is 6.44. The molecule has 0 aliphatic rings. The average Bonchev–Trinajstić information content (AvgIpc) is 2.68. The average molecular weight is 371 g/mol. The van der Waals surface area contributed by atoms with Crippen LogP contribution in [-0.2, 0) is 11.3 Å². The lowest BCUT2D eigenvalue weighted by Crippen LogP contribution is -2.50.